The fourth-order valence-electron chi connectivity index (χ4n) is 3.90. The summed E-state index contributed by atoms with van der Waals surface area (Å²) < 4.78 is 68.6. The van der Waals surface area contributed by atoms with Gasteiger partial charge in [0.25, 0.3) is 20.2 Å². The van der Waals surface area contributed by atoms with Gasteiger partial charge in [0, 0.05) is 41.7 Å². The smallest absolute Gasteiger partial charge is 0.282 e. The Bertz CT molecular complexity index is 1670. The molecule has 0 atom stereocenters. The third-order valence-corrected chi connectivity index (χ3v) is 8.89. The standard InChI is InChI=1S/C18H10O6S4/c1-7-3-9-10(4-13(7)27(19,20)21)16-14-12-6-25-5-11(12)8(2)18(28(22,23)24)15(14)17(9)26-16/h3-4H,1-2H3,(H,19,20,21)(H,22,23,24). The molecular formula is C18H10O6S4. The lowest BCUT2D eigenvalue weighted by molar-refractivity contribution is 0.481. The van der Waals surface area contributed by atoms with E-state index >= 15 is 0 Å². The van der Waals surface area contributed by atoms with Gasteiger partial charge in [-0.3, -0.25) is 9.11 Å². The van der Waals surface area contributed by atoms with Crippen molar-refractivity contribution in [2.75, 3.05) is 0 Å². The lowest BCUT2D eigenvalue weighted by Gasteiger charge is -2.11. The maximum absolute atomic E-state index is 12.2. The van der Waals surface area contributed by atoms with Crippen LogP contribution in [0.3, 0.4) is 0 Å². The Labute approximate surface area is 167 Å². The SMILES string of the molecule is Cc1cc2c(cc1S(=O)(=O)O)c1sc2c2c(S(=O)(=O)O)c(C)c3[c]s[c]c3c12. The van der Waals surface area contributed by atoms with Crippen LogP contribution in [0.5, 0.6) is 0 Å². The van der Waals surface area contributed by atoms with E-state index in [1.165, 1.54) is 28.7 Å². The molecule has 2 N–H and O–H groups in total. The predicted octanol–water partition coefficient (Wildman–Crippen LogP) is 4.57. The van der Waals surface area contributed by atoms with Crippen LogP contribution in [0.1, 0.15) is 11.1 Å². The second-order valence-electron chi connectivity index (χ2n) is 6.63. The van der Waals surface area contributed by atoms with Gasteiger partial charge in [-0.25, -0.2) is 0 Å². The Hall–Kier alpha value is -1.82. The van der Waals surface area contributed by atoms with Crippen molar-refractivity contribution < 1.29 is 25.9 Å². The largest absolute Gasteiger partial charge is 0.295 e. The molecule has 3 heterocycles. The Morgan fingerprint density at radius 1 is 0.857 bits per heavy atom. The predicted molar refractivity (Wildman–Crippen MR) is 110 cm³/mol. The Morgan fingerprint density at radius 3 is 2.11 bits per heavy atom. The number of rotatable bonds is 2. The van der Waals surface area contributed by atoms with Crippen LogP contribution >= 0.6 is 22.7 Å². The molecule has 3 aromatic heterocycles. The average molecular weight is 451 g/mol. The number of hydrogen-bond donors (Lipinski definition) is 2. The van der Waals surface area contributed by atoms with Crippen molar-refractivity contribution in [3.8, 4) is 0 Å². The minimum absolute atomic E-state index is 0.155. The number of hydrogen-bond acceptors (Lipinski definition) is 6. The molecule has 0 spiro atoms. The summed E-state index contributed by atoms with van der Waals surface area (Å²) in [7, 11) is -8.91. The fourth-order valence-corrected chi connectivity index (χ4v) is 7.74. The topological polar surface area (TPSA) is 109 Å². The van der Waals surface area contributed by atoms with E-state index in [1.54, 1.807) is 19.9 Å². The normalized spacial score (nSPS) is 13.6. The van der Waals surface area contributed by atoms with E-state index in [2.05, 4.69) is 10.8 Å². The molecule has 0 saturated carbocycles. The first kappa shape index (κ1) is 18.2. The summed E-state index contributed by atoms with van der Waals surface area (Å²) in [5.41, 5.74) is 0.758. The van der Waals surface area contributed by atoms with Gasteiger partial charge in [-0.05, 0) is 37.1 Å². The lowest BCUT2D eigenvalue weighted by Crippen LogP contribution is -2.03. The van der Waals surface area contributed by atoms with Gasteiger partial charge in [-0.1, -0.05) is 0 Å². The first-order chi connectivity index (χ1) is 13.0. The maximum Gasteiger partial charge on any atom is 0.295 e. The highest BCUT2D eigenvalue weighted by molar-refractivity contribution is 7.86. The van der Waals surface area contributed by atoms with Crippen molar-refractivity contribution in [1.29, 1.82) is 0 Å². The van der Waals surface area contributed by atoms with E-state index in [4.69, 9.17) is 0 Å². The summed E-state index contributed by atoms with van der Waals surface area (Å²) in [5.74, 6) is 0. The molecule has 6 nitrogen and oxygen atoms in total. The van der Waals surface area contributed by atoms with Crippen LogP contribution in [-0.2, 0) is 20.2 Å². The van der Waals surface area contributed by atoms with Crippen molar-refractivity contribution in [3.63, 3.8) is 0 Å². The van der Waals surface area contributed by atoms with Gasteiger partial charge >= 0.3 is 0 Å². The van der Waals surface area contributed by atoms with Crippen LogP contribution in [0.25, 0.3) is 41.7 Å². The minimum atomic E-state index is -4.51. The first-order valence-electron chi connectivity index (χ1n) is 7.91. The van der Waals surface area contributed by atoms with Crippen LogP contribution < -0.4 is 0 Å². The molecule has 10 heteroatoms. The van der Waals surface area contributed by atoms with Crippen LogP contribution in [0.4, 0.5) is 0 Å². The summed E-state index contributed by atoms with van der Waals surface area (Å²) in [6.45, 7) is 3.18. The molecule has 2 bridgehead atoms. The second kappa shape index (κ2) is 5.41. The highest BCUT2D eigenvalue weighted by atomic mass is 32.2. The van der Waals surface area contributed by atoms with Crippen LogP contribution in [0.2, 0.25) is 0 Å². The van der Waals surface area contributed by atoms with Crippen molar-refractivity contribution in [2.45, 2.75) is 23.6 Å². The molecule has 2 aromatic carbocycles. The molecule has 5 rings (SSSR count). The van der Waals surface area contributed by atoms with Gasteiger partial charge in [-0.2, -0.15) is 16.8 Å². The quantitative estimate of drug-likeness (QED) is 0.301. The molecule has 28 heavy (non-hydrogen) atoms. The fraction of sp³-hybridized carbons (Fsp3) is 0.111. The van der Waals surface area contributed by atoms with Gasteiger partial charge in [0.1, 0.15) is 4.90 Å². The zero-order valence-electron chi connectivity index (χ0n) is 14.3. The van der Waals surface area contributed by atoms with E-state index < -0.39 is 20.2 Å². The maximum atomic E-state index is 12.2. The molecule has 0 fully saturated rings. The van der Waals surface area contributed by atoms with Crippen LogP contribution in [0.15, 0.2) is 21.9 Å². The minimum Gasteiger partial charge on any atom is -0.282 e. The molecule has 0 unspecified atom stereocenters. The van der Waals surface area contributed by atoms with Crippen molar-refractivity contribution in [1.82, 2.24) is 0 Å². The molecule has 142 valence electrons. The molecule has 0 amide bonds. The number of aryl methyl sites for hydroxylation is 2. The zero-order valence-corrected chi connectivity index (χ0v) is 17.6. The molecule has 2 radical (unpaired) electrons. The highest BCUT2D eigenvalue weighted by Gasteiger charge is 2.29. The molecule has 0 aliphatic rings. The van der Waals surface area contributed by atoms with Crippen molar-refractivity contribution in [2.24, 2.45) is 0 Å². The van der Waals surface area contributed by atoms with Gasteiger partial charge in [0.2, 0.25) is 0 Å². The molecule has 0 saturated heterocycles. The Morgan fingerprint density at radius 2 is 1.46 bits per heavy atom. The summed E-state index contributed by atoms with van der Waals surface area (Å²) in [6, 6.07) is 3.03. The summed E-state index contributed by atoms with van der Waals surface area (Å²) in [6.07, 6.45) is 0. The number of benzene rings is 3. The highest BCUT2D eigenvalue weighted by Crippen LogP contribution is 2.51. The first-order valence-corrected chi connectivity index (χ1v) is 12.4. The number of fused-ring (bicyclic) bond motifs is 10. The monoisotopic (exact) mass is 450 g/mol. The van der Waals surface area contributed by atoms with E-state index in [1.807, 2.05) is 0 Å². The second-order valence-corrected chi connectivity index (χ2v) is 11.0. The van der Waals surface area contributed by atoms with Gasteiger partial charge in [0.15, 0.2) is 0 Å². The molecule has 0 aliphatic heterocycles. The third-order valence-electron chi connectivity index (χ3n) is 5.00. The van der Waals surface area contributed by atoms with E-state index in [-0.39, 0.29) is 9.79 Å². The summed E-state index contributed by atoms with van der Waals surface area (Å²) >= 11 is 2.50. The Balaban J connectivity index is 2.13. The molecule has 5 aromatic rings. The third kappa shape index (κ3) is 2.24. The van der Waals surface area contributed by atoms with Crippen molar-refractivity contribution >= 4 is 84.6 Å². The summed E-state index contributed by atoms with van der Waals surface area (Å²) in [5, 5.41) is 9.65. The Kier molecular flexibility index (Phi) is 3.52. The van der Waals surface area contributed by atoms with E-state index in [0.717, 1.165) is 0 Å². The van der Waals surface area contributed by atoms with Crippen LogP contribution in [0, 0.1) is 24.6 Å². The van der Waals surface area contributed by atoms with Crippen molar-refractivity contribution in [3.05, 3.63) is 34.0 Å². The molecular weight excluding hydrogens is 440 g/mol. The number of thiophene rings is 3. The van der Waals surface area contributed by atoms with E-state index in [0.29, 0.717) is 52.8 Å². The van der Waals surface area contributed by atoms with Crippen LogP contribution in [-0.4, -0.2) is 25.9 Å². The average Bonchev–Trinajstić information content (AvgIpc) is 3.24. The lowest BCUT2D eigenvalue weighted by atomic mass is 9.97. The molecule has 0 aliphatic carbocycles. The summed E-state index contributed by atoms with van der Waals surface area (Å²) in [4.78, 5) is -0.342. The zero-order chi connectivity index (χ0) is 20.2. The van der Waals surface area contributed by atoms with Gasteiger partial charge in [0.05, 0.1) is 15.7 Å². The van der Waals surface area contributed by atoms with Gasteiger partial charge < -0.3 is 0 Å². The van der Waals surface area contributed by atoms with Gasteiger partial charge in [-0.15, -0.1) is 22.7 Å². The van der Waals surface area contributed by atoms with E-state index in [9.17, 15) is 25.9 Å².